The Morgan fingerprint density at radius 1 is 1.62 bits per heavy atom. The molecule has 2 heterocycles. The zero-order valence-corrected chi connectivity index (χ0v) is 7.92. The van der Waals surface area contributed by atoms with Crippen LogP contribution in [0.15, 0.2) is 12.7 Å². The standard InChI is InChI=1S/C8H10N2O2S/c1-2-3-9-7(11)6-4-13-5-10(6)8(9)12/h2,6H,1,3-5H2/t6-/m1/s1. The van der Waals surface area contributed by atoms with Gasteiger partial charge in [-0.15, -0.1) is 18.3 Å². The highest BCUT2D eigenvalue weighted by Crippen LogP contribution is 2.28. The van der Waals surface area contributed by atoms with Gasteiger partial charge in [-0.25, -0.2) is 4.79 Å². The molecule has 0 N–H and O–H groups in total. The van der Waals surface area contributed by atoms with E-state index in [0.717, 1.165) is 5.75 Å². The molecule has 0 unspecified atom stereocenters. The van der Waals surface area contributed by atoms with Crippen molar-refractivity contribution < 1.29 is 9.59 Å². The first kappa shape index (κ1) is 8.62. The highest BCUT2D eigenvalue weighted by atomic mass is 32.2. The van der Waals surface area contributed by atoms with Gasteiger partial charge in [0.1, 0.15) is 6.04 Å². The second kappa shape index (κ2) is 3.06. The molecule has 2 rings (SSSR count). The number of fused-ring (bicyclic) bond motifs is 1. The third-order valence-corrected chi connectivity index (χ3v) is 3.23. The summed E-state index contributed by atoms with van der Waals surface area (Å²) in [4.78, 5) is 26.0. The predicted molar refractivity (Wildman–Crippen MR) is 50.3 cm³/mol. The van der Waals surface area contributed by atoms with Gasteiger partial charge in [-0.05, 0) is 0 Å². The number of imide groups is 1. The van der Waals surface area contributed by atoms with E-state index in [1.54, 1.807) is 22.7 Å². The van der Waals surface area contributed by atoms with Gasteiger partial charge in [0.15, 0.2) is 0 Å². The number of nitrogens with zero attached hydrogens (tertiary/aromatic N) is 2. The third-order valence-electron chi connectivity index (χ3n) is 2.22. The number of carbonyl (C=O) groups excluding carboxylic acids is 2. The molecule has 13 heavy (non-hydrogen) atoms. The van der Waals surface area contributed by atoms with Crippen molar-refractivity contribution >= 4 is 23.7 Å². The lowest BCUT2D eigenvalue weighted by Gasteiger charge is -2.12. The van der Waals surface area contributed by atoms with Crippen LogP contribution in [0.2, 0.25) is 0 Å². The molecular weight excluding hydrogens is 188 g/mol. The Balaban J connectivity index is 2.21. The number of hydrogen-bond acceptors (Lipinski definition) is 3. The number of hydrogen-bond donors (Lipinski definition) is 0. The fourth-order valence-electron chi connectivity index (χ4n) is 1.56. The maximum absolute atomic E-state index is 11.6. The summed E-state index contributed by atoms with van der Waals surface area (Å²) in [7, 11) is 0. The zero-order chi connectivity index (χ0) is 9.42. The van der Waals surface area contributed by atoms with Crippen LogP contribution in [-0.2, 0) is 4.79 Å². The van der Waals surface area contributed by atoms with E-state index in [-0.39, 0.29) is 18.0 Å². The Morgan fingerprint density at radius 3 is 3.00 bits per heavy atom. The molecule has 0 radical (unpaired) electrons. The fraction of sp³-hybridized carbons (Fsp3) is 0.500. The van der Waals surface area contributed by atoms with Gasteiger partial charge in [-0.1, -0.05) is 6.08 Å². The van der Waals surface area contributed by atoms with E-state index in [4.69, 9.17) is 0 Å². The van der Waals surface area contributed by atoms with Crippen LogP contribution in [0.25, 0.3) is 0 Å². The molecule has 0 bridgehead atoms. The molecule has 0 aliphatic carbocycles. The summed E-state index contributed by atoms with van der Waals surface area (Å²) >= 11 is 1.63. The van der Waals surface area contributed by atoms with Crippen LogP contribution in [0.5, 0.6) is 0 Å². The minimum atomic E-state index is -0.211. The van der Waals surface area contributed by atoms with Gasteiger partial charge < -0.3 is 4.90 Å². The average Bonchev–Trinajstić information content (AvgIpc) is 2.66. The van der Waals surface area contributed by atoms with Crippen molar-refractivity contribution in [2.45, 2.75) is 6.04 Å². The number of urea groups is 1. The Hall–Kier alpha value is -0.970. The fourth-order valence-corrected chi connectivity index (χ4v) is 2.70. The molecular formula is C8H10N2O2S. The van der Waals surface area contributed by atoms with E-state index >= 15 is 0 Å². The maximum Gasteiger partial charge on any atom is 0.328 e. The van der Waals surface area contributed by atoms with Crippen molar-refractivity contribution in [2.75, 3.05) is 18.2 Å². The van der Waals surface area contributed by atoms with Gasteiger partial charge in [0.25, 0.3) is 5.91 Å². The van der Waals surface area contributed by atoms with Crippen molar-refractivity contribution in [3.8, 4) is 0 Å². The van der Waals surface area contributed by atoms with Gasteiger partial charge in [0, 0.05) is 12.3 Å². The minimum Gasteiger partial charge on any atom is -0.302 e. The second-order valence-corrected chi connectivity index (χ2v) is 4.01. The molecule has 2 aliphatic heterocycles. The molecule has 2 aliphatic rings. The van der Waals surface area contributed by atoms with Crippen LogP contribution in [-0.4, -0.2) is 46.0 Å². The van der Waals surface area contributed by atoms with E-state index in [1.807, 2.05) is 0 Å². The van der Waals surface area contributed by atoms with Crippen molar-refractivity contribution in [1.82, 2.24) is 9.80 Å². The molecule has 2 fully saturated rings. The van der Waals surface area contributed by atoms with Crippen LogP contribution in [0.4, 0.5) is 4.79 Å². The lowest BCUT2D eigenvalue weighted by atomic mass is 10.3. The Bertz CT molecular complexity index is 257. The largest absolute Gasteiger partial charge is 0.328 e. The normalized spacial score (nSPS) is 26.9. The lowest BCUT2D eigenvalue weighted by molar-refractivity contribution is -0.127. The van der Waals surface area contributed by atoms with E-state index in [1.165, 1.54) is 4.90 Å². The topological polar surface area (TPSA) is 40.6 Å². The quantitative estimate of drug-likeness (QED) is 0.479. The van der Waals surface area contributed by atoms with Gasteiger partial charge >= 0.3 is 6.03 Å². The summed E-state index contributed by atoms with van der Waals surface area (Å²) in [6, 6.07) is -0.377. The highest BCUT2D eigenvalue weighted by molar-refractivity contribution is 7.99. The molecule has 0 aromatic rings. The van der Waals surface area contributed by atoms with Gasteiger partial charge in [-0.3, -0.25) is 9.69 Å². The first-order valence-corrected chi connectivity index (χ1v) is 5.22. The molecule has 0 saturated carbocycles. The van der Waals surface area contributed by atoms with Crippen molar-refractivity contribution in [3.05, 3.63) is 12.7 Å². The Kier molecular flexibility index (Phi) is 2.03. The van der Waals surface area contributed by atoms with Crippen LogP contribution in [0, 0.1) is 0 Å². The van der Waals surface area contributed by atoms with E-state index < -0.39 is 0 Å². The molecule has 70 valence electrons. The summed E-state index contributed by atoms with van der Waals surface area (Å²) in [6.45, 7) is 3.85. The molecule has 0 spiro atoms. The first-order valence-electron chi connectivity index (χ1n) is 4.06. The van der Waals surface area contributed by atoms with Crippen molar-refractivity contribution in [2.24, 2.45) is 0 Å². The van der Waals surface area contributed by atoms with E-state index in [9.17, 15) is 9.59 Å². The third kappa shape index (κ3) is 1.14. The Morgan fingerprint density at radius 2 is 2.38 bits per heavy atom. The monoisotopic (exact) mass is 198 g/mol. The second-order valence-electron chi connectivity index (χ2n) is 3.01. The van der Waals surface area contributed by atoms with Crippen LogP contribution in [0.1, 0.15) is 0 Å². The van der Waals surface area contributed by atoms with Crippen molar-refractivity contribution in [1.29, 1.82) is 0 Å². The molecule has 4 nitrogen and oxygen atoms in total. The Labute approximate surface area is 80.6 Å². The first-order chi connectivity index (χ1) is 6.25. The SMILES string of the molecule is C=CCN1C(=O)[C@H]2CSCN2C1=O. The van der Waals surface area contributed by atoms with Crippen LogP contribution >= 0.6 is 11.8 Å². The molecule has 2 saturated heterocycles. The van der Waals surface area contributed by atoms with Crippen LogP contribution in [0.3, 0.4) is 0 Å². The van der Waals surface area contributed by atoms with Gasteiger partial charge in [-0.2, -0.15) is 0 Å². The lowest BCUT2D eigenvalue weighted by Crippen LogP contribution is -2.32. The number of thioether (sulfide) groups is 1. The van der Waals surface area contributed by atoms with E-state index in [0.29, 0.717) is 12.4 Å². The molecule has 0 aromatic heterocycles. The maximum atomic E-state index is 11.6. The highest BCUT2D eigenvalue weighted by Gasteiger charge is 2.47. The molecule has 3 amide bonds. The van der Waals surface area contributed by atoms with Gasteiger partial charge in [0.05, 0.1) is 5.88 Å². The van der Waals surface area contributed by atoms with Crippen LogP contribution < -0.4 is 0 Å². The predicted octanol–water partition coefficient (Wildman–Crippen LogP) is 0.509. The average molecular weight is 198 g/mol. The minimum absolute atomic E-state index is 0.0742. The van der Waals surface area contributed by atoms with E-state index in [2.05, 4.69) is 6.58 Å². The molecule has 1 atom stereocenters. The summed E-state index contributed by atoms with van der Waals surface area (Å²) in [6.07, 6.45) is 1.57. The number of rotatable bonds is 2. The molecule has 0 aromatic carbocycles. The summed E-state index contributed by atoms with van der Waals surface area (Å²) in [5.41, 5.74) is 0. The number of carbonyl (C=O) groups is 2. The van der Waals surface area contributed by atoms with Gasteiger partial charge in [0.2, 0.25) is 0 Å². The summed E-state index contributed by atoms with van der Waals surface area (Å²) in [5.74, 6) is 1.30. The summed E-state index contributed by atoms with van der Waals surface area (Å²) in [5, 5.41) is 0. The zero-order valence-electron chi connectivity index (χ0n) is 7.10. The van der Waals surface area contributed by atoms with Crippen molar-refractivity contribution in [3.63, 3.8) is 0 Å². The molecule has 5 heteroatoms. The number of amides is 3. The smallest absolute Gasteiger partial charge is 0.302 e. The summed E-state index contributed by atoms with van der Waals surface area (Å²) < 4.78 is 0.